The molecule has 0 radical (unpaired) electrons. The first-order chi connectivity index (χ1) is 12.7. The van der Waals surface area contributed by atoms with Crippen LogP contribution in [-0.4, -0.2) is 38.2 Å². The minimum absolute atomic E-state index is 0.143. The van der Waals surface area contributed by atoms with Crippen LogP contribution in [0, 0.1) is 0 Å². The van der Waals surface area contributed by atoms with Crippen LogP contribution in [0.5, 0.6) is 5.75 Å². The van der Waals surface area contributed by atoms with Crippen molar-refractivity contribution in [1.82, 2.24) is 15.6 Å². The van der Waals surface area contributed by atoms with E-state index in [-0.39, 0.29) is 5.41 Å². The van der Waals surface area contributed by atoms with Crippen LogP contribution in [0.1, 0.15) is 24.0 Å². The summed E-state index contributed by atoms with van der Waals surface area (Å²) >= 11 is 5.82. The summed E-state index contributed by atoms with van der Waals surface area (Å²) < 4.78 is 5.54. The molecule has 0 spiro atoms. The Balaban J connectivity index is 1.52. The number of hydrogen-bond acceptors (Lipinski definition) is 3. The number of hydrogen-bond donors (Lipinski definition) is 2. The maximum Gasteiger partial charge on any atom is 0.191 e. The van der Waals surface area contributed by atoms with Gasteiger partial charge < -0.3 is 15.4 Å². The number of halogens is 1. The molecule has 0 unspecified atom stereocenters. The van der Waals surface area contributed by atoms with Gasteiger partial charge in [0.25, 0.3) is 0 Å². The Hall–Kier alpha value is -2.27. The Kier molecular flexibility index (Phi) is 5.99. The first-order valence-corrected chi connectivity index (χ1v) is 9.23. The van der Waals surface area contributed by atoms with Crippen LogP contribution in [0.3, 0.4) is 0 Å². The number of guanidine groups is 1. The van der Waals surface area contributed by atoms with E-state index in [0.29, 0.717) is 5.15 Å². The molecule has 5 nitrogen and oxygen atoms in total. The summed E-state index contributed by atoms with van der Waals surface area (Å²) in [5, 5.41) is 7.34. The lowest BCUT2D eigenvalue weighted by atomic mass is 9.95. The van der Waals surface area contributed by atoms with Crippen molar-refractivity contribution >= 4 is 17.6 Å². The van der Waals surface area contributed by atoms with Gasteiger partial charge in [-0.1, -0.05) is 35.9 Å². The molecule has 138 valence electrons. The third-order valence-corrected chi connectivity index (χ3v) is 5.07. The molecule has 1 aliphatic carbocycles. The van der Waals surface area contributed by atoms with Crippen molar-refractivity contribution in [1.29, 1.82) is 0 Å². The number of para-hydroxylation sites is 1. The van der Waals surface area contributed by atoms with E-state index in [9.17, 15) is 0 Å². The summed E-state index contributed by atoms with van der Waals surface area (Å²) in [5.74, 6) is 1.78. The molecule has 1 saturated carbocycles. The molecule has 0 bridgehead atoms. The standard InChI is InChI=1S/C20H25ClN4O/c1-22-19(23-12-9-15-7-8-18(21)24-13-15)25-14-20(10-11-20)16-5-3-4-6-17(16)26-2/h3-8,13H,9-12,14H2,1-2H3,(H2,22,23,25). The van der Waals surface area contributed by atoms with Crippen LogP contribution in [0.4, 0.5) is 0 Å². The average molecular weight is 373 g/mol. The Morgan fingerprint density at radius 3 is 2.69 bits per heavy atom. The summed E-state index contributed by atoms with van der Waals surface area (Å²) in [6.45, 7) is 1.63. The molecule has 2 N–H and O–H groups in total. The number of benzene rings is 1. The third-order valence-electron chi connectivity index (χ3n) is 4.84. The minimum Gasteiger partial charge on any atom is -0.496 e. The van der Waals surface area contributed by atoms with Crippen LogP contribution in [0.25, 0.3) is 0 Å². The lowest BCUT2D eigenvalue weighted by Crippen LogP contribution is -2.42. The number of aromatic nitrogens is 1. The van der Waals surface area contributed by atoms with Crippen molar-refractivity contribution in [2.24, 2.45) is 4.99 Å². The summed E-state index contributed by atoms with van der Waals surface area (Å²) in [7, 11) is 3.52. The van der Waals surface area contributed by atoms with Crippen molar-refractivity contribution in [2.75, 3.05) is 27.2 Å². The van der Waals surface area contributed by atoms with Crippen molar-refractivity contribution < 1.29 is 4.74 Å². The molecule has 3 rings (SSSR count). The lowest BCUT2D eigenvalue weighted by molar-refractivity contribution is 0.403. The van der Waals surface area contributed by atoms with Gasteiger partial charge in [-0.2, -0.15) is 0 Å². The van der Waals surface area contributed by atoms with E-state index < -0.39 is 0 Å². The maximum absolute atomic E-state index is 5.82. The topological polar surface area (TPSA) is 58.5 Å². The minimum atomic E-state index is 0.143. The van der Waals surface area contributed by atoms with Crippen LogP contribution >= 0.6 is 11.6 Å². The van der Waals surface area contributed by atoms with Crippen molar-refractivity contribution in [3.8, 4) is 5.75 Å². The van der Waals surface area contributed by atoms with Gasteiger partial charge in [-0.15, -0.1) is 0 Å². The molecule has 1 aliphatic rings. The molecule has 0 atom stereocenters. The fourth-order valence-corrected chi connectivity index (χ4v) is 3.24. The van der Waals surface area contributed by atoms with Gasteiger partial charge in [-0.25, -0.2) is 4.98 Å². The molecule has 1 fully saturated rings. The largest absolute Gasteiger partial charge is 0.496 e. The maximum atomic E-state index is 5.82. The molecule has 1 aromatic heterocycles. The highest BCUT2D eigenvalue weighted by Gasteiger charge is 2.46. The highest BCUT2D eigenvalue weighted by molar-refractivity contribution is 6.29. The van der Waals surface area contributed by atoms with Gasteiger partial charge in [-0.3, -0.25) is 4.99 Å². The number of aliphatic imine (C=N–C) groups is 1. The van der Waals surface area contributed by atoms with Gasteiger partial charge in [0.2, 0.25) is 0 Å². The molecule has 2 aromatic rings. The monoisotopic (exact) mass is 372 g/mol. The summed E-state index contributed by atoms with van der Waals surface area (Å²) in [4.78, 5) is 8.43. The second-order valence-corrected chi connectivity index (χ2v) is 6.96. The van der Waals surface area contributed by atoms with Crippen molar-refractivity contribution in [2.45, 2.75) is 24.7 Å². The summed E-state index contributed by atoms with van der Waals surface area (Å²) in [5.41, 5.74) is 2.56. The zero-order valence-electron chi connectivity index (χ0n) is 15.3. The highest BCUT2D eigenvalue weighted by Crippen LogP contribution is 2.50. The Labute approximate surface area is 159 Å². The van der Waals surface area contributed by atoms with E-state index in [1.807, 2.05) is 24.3 Å². The number of nitrogens with zero attached hydrogens (tertiary/aromatic N) is 2. The first-order valence-electron chi connectivity index (χ1n) is 8.85. The van der Waals surface area contributed by atoms with Crippen LogP contribution in [0.15, 0.2) is 47.6 Å². The molecule has 26 heavy (non-hydrogen) atoms. The van der Waals surface area contributed by atoms with Crippen molar-refractivity contribution in [3.63, 3.8) is 0 Å². The highest BCUT2D eigenvalue weighted by atomic mass is 35.5. The fourth-order valence-electron chi connectivity index (χ4n) is 3.13. The van der Waals surface area contributed by atoms with E-state index in [2.05, 4.69) is 32.7 Å². The second-order valence-electron chi connectivity index (χ2n) is 6.57. The Morgan fingerprint density at radius 1 is 1.23 bits per heavy atom. The van der Waals surface area contributed by atoms with Crippen LogP contribution in [0.2, 0.25) is 5.15 Å². The van der Waals surface area contributed by atoms with E-state index in [1.165, 1.54) is 5.56 Å². The zero-order chi connectivity index (χ0) is 18.4. The van der Waals surface area contributed by atoms with Crippen LogP contribution < -0.4 is 15.4 Å². The lowest BCUT2D eigenvalue weighted by Gasteiger charge is -2.21. The van der Waals surface area contributed by atoms with Gasteiger partial charge in [0.1, 0.15) is 10.9 Å². The zero-order valence-corrected chi connectivity index (χ0v) is 16.0. The molecule has 1 aromatic carbocycles. The summed E-state index contributed by atoms with van der Waals surface area (Å²) in [6, 6.07) is 12.1. The molecule has 6 heteroatoms. The second kappa shape index (κ2) is 8.41. The Morgan fingerprint density at radius 2 is 2.04 bits per heavy atom. The SMILES string of the molecule is CN=C(NCCc1ccc(Cl)nc1)NCC1(c2ccccc2OC)CC1. The van der Waals surface area contributed by atoms with E-state index in [0.717, 1.165) is 49.6 Å². The third kappa shape index (κ3) is 4.47. The smallest absolute Gasteiger partial charge is 0.191 e. The van der Waals surface area contributed by atoms with E-state index in [4.69, 9.17) is 16.3 Å². The van der Waals surface area contributed by atoms with Crippen molar-refractivity contribution in [3.05, 3.63) is 58.9 Å². The molecular formula is C20H25ClN4O. The molecular weight excluding hydrogens is 348 g/mol. The van der Waals surface area contributed by atoms with E-state index >= 15 is 0 Å². The molecule has 0 amide bonds. The molecule has 1 heterocycles. The van der Waals surface area contributed by atoms with Gasteiger partial charge in [-0.05, 0) is 37.0 Å². The average Bonchev–Trinajstić information content (AvgIpc) is 3.47. The van der Waals surface area contributed by atoms with Crippen LogP contribution in [-0.2, 0) is 11.8 Å². The first kappa shape index (κ1) is 18.5. The van der Waals surface area contributed by atoms with Gasteiger partial charge >= 0.3 is 0 Å². The number of rotatable bonds is 7. The Bertz CT molecular complexity index is 757. The predicted octanol–water partition coefficient (Wildman–Crippen LogP) is 3.18. The number of methoxy groups -OCH3 is 1. The fraction of sp³-hybridized carbons (Fsp3) is 0.400. The number of pyridine rings is 1. The summed E-state index contributed by atoms with van der Waals surface area (Å²) in [6.07, 6.45) is 4.99. The number of nitrogens with one attached hydrogen (secondary N) is 2. The van der Waals surface area contributed by atoms with E-state index in [1.54, 1.807) is 20.4 Å². The molecule has 0 saturated heterocycles. The van der Waals surface area contributed by atoms with Gasteiger partial charge in [0.05, 0.1) is 7.11 Å². The van der Waals surface area contributed by atoms with Gasteiger partial charge in [0.15, 0.2) is 5.96 Å². The quantitative estimate of drug-likeness (QED) is 0.445. The number of ether oxygens (including phenoxy) is 1. The normalized spacial score (nSPS) is 15.4. The molecule has 0 aliphatic heterocycles. The predicted molar refractivity (Wildman–Crippen MR) is 106 cm³/mol. The van der Waals surface area contributed by atoms with Gasteiger partial charge in [0, 0.05) is 37.3 Å².